The van der Waals surface area contributed by atoms with Gasteiger partial charge in [-0.2, -0.15) is 0 Å². The van der Waals surface area contributed by atoms with Crippen LogP contribution < -0.4 is 5.11 Å². The van der Waals surface area contributed by atoms with Crippen molar-refractivity contribution in [2.24, 2.45) is 23.2 Å². The van der Waals surface area contributed by atoms with Crippen LogP contribution in [0, 0.1) is 23.2 Å². The molecule has 0 spiro atoms. The number of carbonyl (C=O) groups excluding carboxylic acids is 2. The van der Waals surface area contributed by atoms with Crippen molar-refractivity contribution in [3.63, 3.8) is 0 Å². The molecule has 0 aromatic heterocycles. The molecule has 0 aromatic rings. The maximum atomic E-state index is 12.3. The first-order valence-electron chi connectivity index (χ1n) is 8.23. The van der Waals surface area contributed by atoms with Crippen molar-refractivity contribution in [2.45, 2.75) is 45.4 Å². The summed E-state index contributed by atoms with van der Waals surface area (Å²) in [6, 6.07) is 0. The predicted octanol–water partition coefficient (Wildman–Crippen LogP) is 1.62. The average Bonchev–Trinajstić information content (AvgIpc) is 2.81. The number of carboxylic acids is 1. The Bertz CT molecular complexity index is 629. The van der Waals surface area contributed by atoms with Crippen molar-refractivity contribution in [1.82, 2.24) is 0 Å². The molecule has 3 aliphatic rings. The summed E-state index contributed by atoms with van der Waals surface area (Å²) >= 11 is 0. The van der Waals surface area contributed by atoms with Crippen molar-refractivity contribution in [1.29, 1.82) is 0 Å². The van der Waals surface area contributed by atoms with Gasteiger partial charge in [-0.3, -0.25) is 9.59 Å². The Morgan fingerprint density at radius 2 is 2.00 bits per heavy atom. The van der Waals surface area contributed by atoms with Crippen LogP contribution in [0.25, 0.3) is 0 Å². The fraction of sp³-hybridized carbons (Fsp3) is 0.611. The smallest absolute Gasteiger partial charge is 0.320 e. The summed E-state index contributed by atoms with van der Waals surface area (Å²) in [7, 11) is 0. The first kappa shape index (κ1) is 16.0. The monoisotopic (exact) mass is 317 g/mol. The van der Waals surface area contributed by atoms with Crippen molar-refractivity contribution >= 4 is 17.5 Å². The van der Waals surface area contributed by atoms with E-state index in [-0.39, 0.29) is 23.0 Å². The number of rotatable bonds is 2. The van der Waals surface area contributed by atoms with E-state index in [9.17, 15) is 19.5 Å². The minimum absolute atomic E-state index is 0.00798. The van der Waals surface area contributed by atoms with Crippen molar-refractivity contribution in [3.05, 3.63) is 23.5 Å². The molecule has 0 unspecified atom stereocenters. The average molecular weight is 317 g/mol. The summed E-state index contributed by atoms with van der Waals surface area (Å²) in [5.41, 5.74) is 0.324. The number of hydrogen-bond acceptors (Lipinski definition) is 4. The molecule has 3 saturated carbocycles. The van der Waals surface area contributed by atoms with Gasteiger partial charge in [0.1, 0.15) is 5.78 Å². The third-order valence-corrected chi connectivity index (χ3v) is 6.20. The van der Waals surface area contributed by atoms with Gasteiger partial charge in [-0.05, 0) is 54.8 Å². The summed E-state index contributed by atoms with van der Waals surface area (Å²) in [4.78, 5) is 35.1. The van der Waals surface area contributed by atoms with E-state index in [2.05, 4.69) is 6.92 Å². The lowest BCUT2D eigenvalue weighted by atomic mass is 9.55. The van der Waals surface area contributed by atoms with Gasteiger partial charge < -0.3 is 10.2 Å². The Hall–Kier alpha value is -1.91. The first-order chi connectivity index (χ1) is 10.8. The van der Waals surface area contributed by atoms with E-state index in [0.29, 0.717) is 30.1 Å². The third kappa shape index (κ3) is 2.52. The highest BCUT2D eigenvalue weighted by molar-refractivity contribution is 5.97. The van der Waals surface area contributed by atoms with Crippen LogP contribution in [-0.4, -0.2) is 22.6 Å². The molecule has 3 aliphatic carbocycles. The van der Waals surface area contributed by atoms with Crippen LogP contribution in [0.15, 0.2) is 23.5 Å². The highest BCUT2D eigenvalue weighted by Gasteiger charge is 2.55. The van der Waals surface area contributed by atoms with Crippen LogP contribution in [0.4, 0.5) is 0 Å². The number of Topliss-reactive ketones (excluding diaryl/α,β-unsaturated/α-hetero) is 2. The van der Waals surface area contributed by atoms with Crippen LogP contribution in [0.3, 0.4) is 0 Å². The second-order valence-corrected chi connectivity index (χ2v) is 7.21. The molecule has 3 fully saturated rings. The van der Waals surface area contributed by atoms with Crippen LogP contribution in [0.2, 0.25) is 0 Å². The van der Waals surface area contributed by atoms with Crippen molar-refractivity contribution in [2.75, 3.05) is 0 Å². The van der Waals surface area contributed by atoms with E-state index in [0.717, 1.165) is 31.8 Å². The Balaban J connectivity index is 1.91. The molecular weight excluding hydrogens is 296 g/mol. The van der Waals surface area contributed by atoms with Crippen LogP contribution >= 0.6 is 0 Å². The molecule has 0 aliphatic heterocycles. The minimum atomic E-state index is -1.51. The molecule has 0 radical (unpaired) electrons. The lowest BCUT2D eigenvalue weighted by Crippen LogP contribution is -2.45. The number of aliphatic carboxylic acids is 1. The van der Waals surface area contributed by atoms with Gasteiger partial charge in [0, 0.05) is 18.3 Å². The van der Waals surface area contributed by atoms with E-state index < -0.39 is 11.7 Å². The lowest BCUT2D eigenvalue weighted by molar-refractivity contribution is -0.302. The van der Waals surface area contributed by atoms with Crippen LogP contribution in [-0.2, 0) is 14.4 Å². The number of carbonyl (C=O) groups is 3. The second kappa shape index (κ2) is 5.62. The normalized spacial score (nSPS) is 39.3. The number of hydrogen-bond donors (Lipinski definition) is 1. The summed E-state index contributed by atoms with van der Waals surface area (Å²) in [6.07, 6.45) is 6.66. The van der Waals surface area contributed by atoms with Gasteiger partial charge in [-0.25, -0.2) is 4.79 Å². The van der Waals surface area contributed by atoms with E-state index in [1.807, 2.05) is 0 Å². The van der Waals surface area contributed by atoms with Gasteiger partial charge in [0.2, 0.25) is 0 Å². The Labute approximate surface area is 135 Å². The molecule has 1 N–H and O–H groups in total. The molecule has 5 heteroatoms. The summed E-state index contributed by atoms with van der Waals surface area (Å²) < 4.78 is 0. The molecule has 5 nitrogen and oxygen atoms in total. The zero-order chi connectivity index (χ0) is 16.8. The van der Waals surface area contributed by atoms with Gasteiger partial charge >= 0.3 is 5.97 Å². The first-order valence-corrected chi connectivity index (χ1v) is 8.23. The molecule has 4 atom stereocenters. The standard InChI is InChI=1S/C18H22O5/c1-18-9-8-10-11(13(18)4-7-16(18)21)2-5-14(19)12(10)3-6-15(20)17(22)23/h3,6,10-11,13,20H,2,4-5,7-9H2,1H3,(H,22,23)/p-1/b12-3-,15-6-/t10-,11+,13-,18-/m0/s1. The number of fused-ring (bicyclic) bond motifs is 3. The van der Waals surface area contributed by atoms with E-state index in [4.69, 9.17) is 5.11 Å². The number of ketones is 2. The Morgan fingerprint density at radius 3 is 2.70 bits per heavy atom. The molecule has 124 valence electrons. The molecule has 0 amide bonds. The van der Waals surface area contributed by atoms with Gasteiger partial charge in [0.05, 0.1) is 0 Å². The Morgan fingerprint density at radius 1 is 1.26 bits per heavy atom. The molecule has 0 bridgehead atoms. The fourth-order valence-corrected chi connectivity index (χ4v) is 4.95. The Kier molecular flexibility index (Phi) is 3.90. The zero-order valence-corrected chi connectivity index (χ0v) is 13.2. The van der Waals surface area contributed by atoms with Gasteiger partial charge in [-0.1, -0.05) is 19.1 Å². The van der Waals surface area contributed by atoms with Crippen molar-refractivity contribution in [3.8, 4) is 0 Å². The predicted molar refractivity (Wildman–Crippen MR) is 80.1 cm³/mol. The quantitative estimate of drug-likeness (QED) is 0.617. The number of allylic oxidation sites excluding steroid dienone is 3. The molecule has 23 heavy (non-hydrogen) atoms. The molecule has 0 saturated heterocycles. The topological polar surface area (TPSA) is 94.5 Å². The van der Waals surface area contributed by atoms with E-state index >= 15 is 0 Å². The SMILES string of the molecule is C[C@]12CC[C@@H]3/C(=C/C=C(\[O-])C(=O)O)C(=O)CC[C@H]3[C@@H]1CCC2=O. The summed E-state index contributed by atoms with van der Waals surface area (Å²) in [5, 5.41) is 19.9. The molecule has 3 rings (SSSR count). The van der Waals surface area contributed by atoms with Crippen LogP contribution in [0.1, 0.15) is 45.4 Å². The highest BCUT2D eigenvalue weighted by atomic mass is 16.4. The minimum Gasteiger partial charge on any atom is -0.868 e. The summed E-state index contributed by atoms with van der Waals surface area (Å²) in [5.74, 6) is -1.52. The maximum absolute atomic E-state index is 12.3. The lowest BCUT2D eigenvalue weighted by Gasteiger charge is -2.48. The van der Waals surface area contributed by atoms with Crippen molar-refractivity contribution < 1.29 is 24.6 Å². The maximum Gasteiger partial charge on any atom is 0.320 e. The zero-order valence-electron chi connectivity index (χ0n) is 13.2. The largest absolute Gasteiger partial charge is 0.868 e. The van der Waals surface area contributed by atoms with Gasteiger partial charge in [0.25, 0.3) is 0 Å². The number of carboxylic acid groups (broad SMARTS) is 1. The highest BCUT2D eigenvalue weighted by Crippen LogP contribution is 2.58. The van der Waals surface area contributed by atoms with E-state index in [1.165, 1.54) is 6.08 Å². The molecular formula is C18H21O5-. The van der Waals surface area contributed by atoms with Gasteiger partial charge in [-0.15, -0.1) is 0 Å². The fourth-order valence-electron chi connectivity index (χ4n) is 4.95. The molecule has 0 heterocycles. The summed E-state index contributed by atoms with van der Waals surface area (Å²) in [6.45, 7) is 2.06. The van der Waals surface area contributed by atoms with E-state index in [1.54, 1.807) is 0 Å². The molecule has 0 aromatic carbocycles. The van der Waals surface area contributed by atoms with Crippen LogP contribution in [0.5, 0.6) is 0 Å². The third-order valence-electron chi connectivity index (χ3n) is 6.20. The van der Waals surface area contributed by atoms with Gasteiger partial charge in [0.15, 0.2) is 5.78 Å². The second-order valence-electron chi connectivity index (χ2n) is 7.21.